The molecule has 2 N–H and O–H groups in total. The first-order chi connectivity index (χ1) is 12.9. The summed E-state index contributed by atoms with van der Waals surface area (Å²) < 4.78 is 5.25. The lowest BCUT2D eigenvalue weighted by molar-refractivity contribution is -0.385. The predicted octanol–water partition coefficient (Wildman–Crippen LogP) is 4.00. The van der Waals surface area contributed by atoms with E-state index in [4.69, 9.17) is 17.0 Å². The molecule has 1 unspecified atom stereocenters. The first-order valence-corrected chi connectivity index (χ1v) is 8.89. The maximum atomic E-state index is 12.0. The highest BCUT2D eigenvalue weighted by Crippen LogP contribution is 2.27. The average molecular weight is 387 g/mol. The number of nitrogens with zero attached hydrogens (tertiary/aromatic N) is 1. The first kappa shape index (κ1) is 20.3. The summed E-state index contributed by atoms with van der Waals surface area (Å²) in [5.74, 6) is -0.139. The smallest absolute Gasteiger partial charge is 0.310 e. The SMILES string of the molecule is CCC(C)c1ccccc1NC(=S)NC(=O)COc1ccccc1[N+](=O)[O-]. The number of anilines is 1. The van der Waals surface area contributed by atoms with E-state index in [1.807, 2.05) is 24.3 Å². The van der Waals surface area contributed by atoms with Crippen LogP contribution in [0.25, 0.3) is 0 Å². The summed E-state index contributed by atoms with van der Waals surface area (Å²) in [6, 6.07) is 13.6. The van der Waals surface area contributed by atoms with Crippen LogP contribution in [0, 0.1) is 10.1 Å². The third-order valence-electron chi connectivity index (χ3n) is 4.03. The fourth-order valence-electron chi connectivity index (χ4n) is 2.45. The van der Waals surface area contributed by atoms with E-state index in [2.05, 4.69) is 24.5 Å². The van der Waals surface area contributed by atoms with E-state index < -0.39 is 10.8 Å². The van der Waals surface area contributed by atoms with Crippen LogP contribution < -0.4 is 15.4 Å². The van der Waals surface area contributed by atoms with Gasteiger partial charge in [-0.1, -0.05) is 44.2 Å². The van der Waals surface area contributed by atoms with Gasteiger partial charge in [-0.15, -0.1) is 0 Å². The van der Waals surface area contributed by atoms with Crippen LogP contribution in [0.4, 0.5) is 11.4 Å². The van der Waals surface area contributed by atoms with E-state index in [0.717, 1.165) is 17.7 Å². The second kappa shape index (κ2) is 9.63. The van der Waals surface area contributed by atoms with Gasteiger partial charge in [0.25, 0.3) is 5.91 Å². The number of rotatable bonds is 7. The topological polar surface area (TPSA) is 93.5 Å². The summed E-state index contributed by atoms with van der Waals surface area (Å²) in [5, 5.41) is 16.6. The molecule has 1 atom stereocenters. The lowest BCUT2D eigenvalue weighted by Crippen LogP contribution is -2.37. The molecule has 2 rings (SSSR count). The number of nitro groups is 1. The number of benzene rings is 2. The third kappa shape index (κ3) is 5.75. The highest BCUT2D eigenvalue weighted by atomic mass is 32.1. The Labute approximate surface area is 162 Å². The standard InChI is InChI=1S/C19H21N3O4S/c1-3-13(2)14-8-4-5-9-15(14)20-19(27)21-18(23)12-26-17-11-7-6-10-16(17)22(24)25/h4-11,13H,3,12H2,1-2H3,(H2,20,21,23,27). The Hall–Kier alpha value is -3.00. The number of nitrogens with one attached hydrogen (secondary N) is 2. The van der Waals surface area contributed by atoms with E-state index in [0.29, 0.717) is 5.92 Å². The lowest BCUT2D eigenvalue weighted by Gasteiger charge is -2.17. The molecule has 0 bridgehead atoms. The molecule has 0 aliphatic carbocycles. The molecule has 0 saturated heterocycles. The van der Waals surface area contributed by atoms with Gasteiger partial charge in [0.1, 0.15) is 0 Å². The minimum absolute atomic E-state index is 0.0265. The van der Waals surface area contributed by atoms with Gasteiger partial charge in [0.2, 0.25) is 0 Å². The van der Waals surface area contributed by atoms with Crippen LogP contribution in [0.3, 0.4) is 0 Å². The molecule has 27 heavy (non-hydrogen) atoms. The van der Waals surface area contributed by atoms with Crippen molar-refractivity contribution in [2.45, 2.75) is 26.2 Å². The van der Waals surface area contributed by atoms with Crippen LogP contribution >= 0.6 is 12.2 Å². The van der Waals surface area contributed by atoms with Gasteiger partial charge < -0.3 is 10.1 Å². The monoisotopic (exact) mass is 387 g/mol. The van der Waals surface area contributed by atoms with Gasteiger partial charge in [0.05, 0.1) is 4.92 Å². The van der Waals surface area contributed by atoms with Crippen molar-refractivity contribution in [2.24, 2.45) is 0 Å². The van der Waals surface area contributed by atoms with Crippen molar-refractivity contribution >= 4 is 34.6 Å². The number of ether oxygens (including phenoxy) is 1. The predicted molar refractivity (Wildman–Crippen MR) is 108 cm³/mol. The minimum Gasteiger partial charge on any atom is -0.477 e. The summed E-state index contributed by atoms with van der Waals surface area (Å²) >= 11 is 5.19. The summed E-state index contributed by atoms with van der Waals surface area (Å²) in [4.78, 5) is 22.4. The summed E-state index contributed by atoms with van der Waals surface area (Å²) in [7, 11) is 0. The molecular formula is C19H21N3O4S. The minimum atomic E-state index is -0.564. The fraction of sp³-hybridized carbons (Fsp3) is 0.263. The molecule has 0 heterocycles. The van der Waals surface area contributed by atoms with Crippen molar-refractivity contribution in [3.05, 3.63) is 64.2 Å². The number of carbonyl (C=O) groups is 1. The van der Waals surface area contributed by atoms with Gasteiger partial charge in [0.15, 0.2) is 17.5 Å². The molecule has 0 aliphatic heterocycles. The summed E-state index contributed by atoms with van der Waals surface area (Å²) in [5.41, 5.74) is 1.73. The highest BCUT2D eigenvalue weighted by Gasteiger charge is 2.16. The summed E-state index contributed by atoms with van der Waals surface area (Å²) in [6.07, 6.45) is 0.974. The first-order valence-electron chi connectivity index (χ1n) is 8.48. The van der Waals surface area contributed by atoms with E-state index >= 15 is 0 Å². The van der Waals surface area contributed by atoms with Gasteiger partial charge >= 0.3 is 5.69 Å². The second-order valence-corrected chi connectivity index (χ2v) is 6.32. The molecular weight excluding hydrogens is 366 g/mol. The van der Waals surface area contributed by atoms with Gasteiger partial charge in [-0.05, 0) is 42.3 Å². The summed E-state index contributed by atoms with van der Waals surface area (Å²) in [6.45, 7) is 3.82. The fourth-order valence-corrected chi connectivity index (χ4v) is 2.67. The Bertz CT molecular complexity index is 841. The van der Waals surface area contributed by atoms with Gasteiger partial charge in [-0.2, -0.15) is 0 Å². The molecule has 0 aromatic heterocycles. The zero-order chi connectivity index (χ0) is 19.8. The van der Waals surface area contributed by atoms with Gasteiger partial charge in [0, 0.05) is 11.8 Å². The quantitative estimate of drug-likeness (QED) is 0.424. The Morgan fingerprint density at radius 2 is 1.89 bits per heavy atom. The Morgan fingerprint density at radius 3 is 2.59 bits per heavy atom. The van der Waals surface area contributed by atoms with Crippen LogP contribution in [0.1, 0.15) is 31.7 Å². The average Bonchev–Trinajstić information content (AvgIpc) is 2.66. The molecule has 142 valence electrons. The molecule has 0 radical (unpaired) electrons. The molecule has 8 heteroatoms. The highest BCUT2D eigenvalue weighted by molar-refractivity contribution is 7.80. The molecule has 0 fully saturated rings. The molecule has 0 spiro atoms. The van der Waals surface area contributed by atoms with Crippen LogP contribution in [-0.4, -0.2) is 22.5 Å². The van der Waals surface area contributed by atoms with E-state index in [1.165, 1.54) is 18.2 Å². The number of hydrogen-bond donors (Lipinski definition) is 2. The zero-order valence-corrected chi connectivity index (χ0v) is 15.9. The van der Waals surface area contributed by atoms with Gasteiger partial charge in [-0.3, -0.25) is 20.2 Å². The normalized spacial score (nSPS) is 11.3. The van der Waals surface area contributed by atoms with Crippen molar-refractivity contribution in [3.63, 3.8) is 0 Å². The van der Waals surface area contributed by atoms with Crippen LogP contribution in [0.15, 0.2) is 48.5 Å². The zero-order valence-electron chi connectivity index (χ0n) is 15.1. The lowest BCUT2D eigenvalue weighted by atomic mass is 9.97. The Kier molecular flexibility index (Phi) is 7.25. The van der Waals surface area contributed by atoms with Crippen LogP contribution in [0.5, 0.6) is 5.75 Å². The third-order valence-corrected chi connectivity index (χ3v) is 4.23. The van der Waals surface area contributed by atoms with Crippen molar-refractivity contribution < 1.29 is 14.5 Å². The number of amides is 1. The maximum absolute atomic E-state index is 12.0. The van der Waals surface area contributed by atoms with Crippen molar-refractivity contribution in [3.8, 4) is 5.75 Å². The van der Waals surface area contributed by atoms with Crippen molar-refractivity contribution in [1.29, 1.82) is 0 Å². The number of carbonyl (C=O) groups excluding carboxylic acids is 1. The van der Waals surface area contributed by atoms with Crippen LogP contribution in [0.2, 0.25) is 0 Å². The molecule has 0 saturated carbocycles. The van der Waals surface area contributed by atoms with Gasteiger partial charge in [-0.25, -0.2) is 0 Å². The Balaban J connectivity index is 1.94. The number of hydrogen-bond acceptors (Lipinski definition) is 5. The molecule has 2 aromatic rings. The maximum Gasteiger partial charge on any atom is 0.310 e. The second-order valence-electron chi connectivity index (χ2n) is 5.91. The molecule has 7 nitrogen and oxygen atoms in total. The number of nitro benzene ring substituents is 1. The Morgan fingerprint density at radius 1 is 1.22 bits per heavy atom. The van der Waals surface area contributed by atoms with Crippen molar-refractivity contribution in [1.82, 2.24) is 5.32 Å². The number of para-hydroxylation sites is 3. The molecule has 0 aliphatic rings. The van der Waals surface area contributed by atoms with E-state index in [9.17, 15) is 14.9 Å². The van der Waals surface area contributed by atoms with Crippen LogP contribution in [-0.2, 0) is 4.79 Å². The molecule has 1 amide bonds. The van der Waals surface area contributed by atoms with E-state index in [1.54, 1.807) is 6.07 Å². The largest absolute Gasteiger partial charge is 0.477 e. The van der Waals surface area contributed by atoms with E-state index in [-0.39, 0.29) is 23.2 Å². The number of thiocarbonyl (C=S) groups is 1. The molecule has 2 aromatic carbocycles. The van der Waals surface area contributed by atoms with Crippen molar-refractivity contribution in [2.75, 3.05) is 11.9 Å².